The molecule has 12 heavy (non-hydrogen) atoms. The number of thioether (sulfide) groups is 1. The highest BCUT2D eigenvalue weighted by Gasteiger charge is 1.97. The average molecular weight is 189 g/mol. The minimum Gasteiger partial charge on any atom is -0.388 e. The van der Waals surface area contributed by atoms with Crippen LogP contribution in [0.4, 0.5) is 0 Å². The third-order valence-corrected chi connectivity index (χ3v) is 2.25. The first kappa shape index (κ1) is 11.8. The van der Waals surface area contributed by atoms with Crippen LogP contribution in [0.2, 0.25) is 0 Å². The Morgan fingerprint density at radius 1 is 1.50 bits per heavy atom. The van der Waals surface area contributed by atoms with E-state index < -0.39 is 0 Å². The number of hydrogen-bond acceptors (Lipinski definition) is 3. The predicted octanol–water partition coefficient (Wildman–Crippen LogP) is 0.997. The molecule has 3 nitrogen and oxygen atoms in total. The molecule has 0 aliphatic rings. The minimum absolute atomic E-state index is 0.299. The summed E-state index contributed by atoms with van der Waals surface area (Å²) in [5.41, 5.74) is 5.24. The van der Waals surface area contributed by atoms with Crippen LogP contribution in [0.25, 0.3) is 0 Å². The van der Waals surface area contributed by atoms with Gasteiger partial charge in [-0.15, -0.1) is 0 Å². The quantitative estimate of drug-likeness (QED) is 0.464. The second kappa shape index (κ2) is 7.43. The molecule has 0 aromatic heterocycles. The van der Waals surface area contributed by atoms with Gasteiger partial charge in [0.15, 0.2) is 0 Å². The zero-order valence-corrected chi connectivity index (χ0v) is 8.78. The normalized spacial score (nSPS) is 10.6. The minimum atomic E-state index is 0.299. The van der Waals surface area contributed by atoms with Crippen molar-refractivity contribution in [1.29, 1.82) is 5.41 Å². The van der Waals surface area contributed by atoms with Gasteiger partial charge in [-0.1, -0.05) is 0 Å². The highest BCUT2D eigenvalue weighted by molar-refractivity contribution is 7.98. The maximum atomic E-state index is 7.03. The van der Waals surface area contributed by atoms with E-state index in [0.717, 1.165) is 25.9 Å². The second-order valence-electron chi connectivity index (χ2n) is 2.92. The molecular weight excluding hydrogens is 170 g/mol. The number of amidine groups is 1. The van der Waals surface area contributed by atoms with Crippen LogP contribution < -0.4 is 5.73 Å². The summed E-state index contributed by atoms with van der Waals surface area (Å²) >= 11 is 1.86. The first-order valence-electron chi connectivity index (χ1n) is 4.17. The van der Waals surface area contributed by atoms with E-state index in [1.807, 2.05) is 11.8 Å². The van der Waals surface area contributed by atoms with Gasteiger partial charge in [-0.05, 0) is 26.3 Å². The third kappa shape index (κ3) is 7.88. The first-order valence-corrected chi connectivity index (χ1v) is 5.56. The fourth-order valence-electron chi connectivity index (χ4n) is 0.898. The topological polar surface area (TPSA) is 53.1 Å². The lowest BCUT2D eigenvalue weighted by Gasteiger charge is -2.14. The van der Waals surface area contributed by atoms with Gasteiger partial charge in [0.25, 0.3) is 0 Å². The van der Waals surface area contributed by atoms with Crippen LogP contribution in [0.5, 0.6) is 0 Å². The molecular formula is C8H19N3S. The number of nitrogens with one attached hydrogen (secondary N) is 1. The predicted molar refractivity (Wildman–Crippen MR) is 57.0 cm³/mol. The van der Waals surface area contributed by atoms with Crippen molar-refractivity contribution in [2.45, 2.75) is 12.8 Å². The van der Waals surface area contributed by atoms with E-state index in [9.17, 15) is 0 Å². The molecule has 0 spiro atoms. The molecule has 72 valence electrons. The van der Waals surface area contributed by atoms with Gasteiger partial charge in [-0.25, -0.2) is 0 Å². The molecule has 0 unspecified atom stereocenters. The van der Waals surface area contributed by atoms with Crippen LogP contribution in [-0.2, 0) is 0 Å². The maximum absolute atomic E-state index is 7.03. The highest BCUT2D eigenvalue weighted by Crippen LogP contribution is 1.96. The van der Waals surface area contributed by atoms with Gasteiger partial charge in [0, 0.05) is 18.7 Å². The Morgan fingerprint density at radius 3 is 2.67 bits per heavy atom. The van der Waals surface area contributed by atoms with E-state index in [4.69, 9.17) is 11.1 Å². The van der Waals surface area contributed by atoms with Crippen molar-refractivity contribution >= 4 is 17.6 Å². The van der Waals surface area contributed by atoms with Gasteiger partial charge in [0.05, 0.1) is 5.84 Å². The fraction of sp³-hybridized carbons (Fsp3) is 0.875. The van der Waals surface area contributed by atoms with E-state index in [2.05, 4.69) is 18.2 Å². The Morgan fingerprint density at radius 2 is 2.17 bits per heavy atom. The molecule has 4 heteroatoms. The summed E-state index contributed by atoms with van der Waals surface area (Å²) in [4.78, 5) is 2.28. The zero-order valence-electron chi connectivity index (χ0n) is 7.97. The number of nitrogens with zero attached hydrogens (tertiary/aromatic N) is 1. The third-order valence-electron chi connectivity index (χ3n) is 1.66. The molecule has 0 rings (SSSR count). The Kier molecular flexibility index (Phi) is 7.29. The summed E-state index contributed by atoms with van der Waals surface area (Å²) in [5, 5.41) is 7.03. The average Bonchev–Trinajstić information content (AvgIpc) is 2.00. The van der Waals surface area contributed by atoms with Gasteiger partial charge in [0.2, 0.25) is 0 Å². The van der Waals surface area contributed by atoms with Crippen molar-refractivity contribution in [3.63, 3.8) is 0 Å². The van der Waals surface area contributed by atoms with Crippen molar-refractivity contribution in [3.8, 4) is 0 Å². The smallest absolute Gasteiger partial charge is 0.0905 e. The van der Waals surface area contributed by atoms with E-state index in [1.165, 1.54) is 5.75 Å². The molecule has 0 saturated heterocycles. The Bertz CT molecular complexity index is 127. The highest BCUT2D eigenvalue weighted by atomic mass is 32.2. The summed E-state index contributed by atoms with van der Waals surface area (Å²) in [6.07, 6.45) is 3.84. The Balaban J connectivity index is 3.19. The molecule has 0 saturated carbocycles. The fourth-order valence-corrected chi connectivity index (χ4v) is 1.39. The van der Waals surface area contributed by atoms with Crippen molar-refractivity contribution in [2.75, 3.05) is 32.1 Å². The molecule has 0 aromatic rings. The SMILES string of the molecule is CSCCN(C)CCCC(=N)N. The van der Waals surface area contributed by atoms with Gasteiger partial charge in [-0.3, -0.25) is 5.41 Å². The number of hydrogen-bond donors (Lipinski definition) is 2. The van der Waals surface area contributed by atoms with Crippen LogP contribution in [0, 0.1) is 5.41 Å². The molecule has 3 N–H and O–H groups in total. The zero-order chi connectivity index (χ0) is 9.40. The standard InChI is InChI=1S/C8H19N3S/c1-11(6-7-12-2)5-3-4-8(9)10/h3-7H2,1-2H3,(H3,9,10). The molecule has 0 aliphatic carbocycles. The Hall–Kier alpha value is -0.220. The van der Waals surface area contributed by atoms with Crippen LogP contribution in [0.3, 0.4) is 0 Å². The molecule has 0 atom stereocenters. The van der Waals surface area contributed by atoms with Crippen molar-refractivity contribution in [2.24, 2.45) is 5.73 Å². The van der Waals surface area contributed by atoms with E-state index in [1.54, 1.807) is 0 Å². The van der Waals surface area contributed by atoms with Gasteiger partial charge in [-0.2, -0.15) is 11.8 Å². The van der Waals surface area contributed by atoms with Crippen LogP contribution >= 0.6 is 11.8 Å². The largest absolute Gasteiger partial charge is 0.388 e. The first-order chi connectivity index (χ1) is 5.66. The molecule has 0 fully saturated rings. The molecule has 0 aliphatic heterocycles. The van der Waals surface area contributed by atoms with E-state index in [0.29, 0.717) is 5.84 Å². The second-order valence-corrected chi connectivity index (χ2v) is 3.91. The number of rotatable bonds is 7. The van der Waals surface area contributed by atoms with Crippen LogP contribution in [0.1, 0.15) is 12.8 Å². The molecule has 0 radical (unpaired) electrons. The Labute approximate surface area is 79.2 Å². The lowest BCUT2D eigenvalue weighted by atomic mass is 10.3. The molecule has 0 bridgehead atoms. The van der Waals surface area contributed by atoms with Crippen molar-refractivity contribution < 1.29 is 0 Å². The van der Waals surface area contributed by atoms with Crippen LogP contribution in [-0.4, -0.2) is 42.9 Å². The van der Waals surface area contributed by atoms with Gasteiger partial charge in [0.1, 0.15) is 0 Å². The number of nitrogens with two attached hydrogens (primary N) is 1. The summed E-state index contributed by atoms with van der Waals surface area (Å²) < 4.78 is 0. The summed E-state index contributed by atoms with van der Waals surface area (Å²) in [6, 6.07) is 0. The van der Waals surface area contributed by atoms with E-state index >= 15 is 0 Å². The summed E-state index contributed by atoms with van der Waals surface area (Å²) in [5.74, 6) is 1.48. The van der Waals surface area contributed by atoms with Gasteiger partial charge < -0.3 is 10.6 Å². The molecule has 0 amide bonds. The summed E-state index contributed by atoms with van der Waals surface area (Å²) in [6.45, 7) is 2.17. The van der Waals surface area contributed by atoms with E-state index in [-0.39, 0.29) is 0 Å². The van der Waals surface area contributed by atoms with Crippen molar-refractivity contribution in [3.05, 3.63) is 0 Å². The monoisotopic (exact) mass is 189 g/mol. The van der Waals surface area contributed by atoms with Gasteiger partial charge >= 0.3 is 0 Å². The van der Waals surface area contributed by atoms with Crippen LogP contribution in [0.15, 0.2) is 0 Å². The lowest BCUT2D eigenvalue weighted by Crippen LogP contribution is -2.23. The van der Waals surface area contributed by atoms with Crippen molar-refractivity contribution in [1.82, 2.24) is 4.90 Å². The molecule has 0 aromatic carbocycles. The summed E-state index contributed by atoms with van der Waals surface area (Å²) in [7, 11) is 2.11. The molecule has 0 heterocycles. The maximum Gasteiger partial charge on any atom is 0.0905 e. The lowest BCUT2D eigenvalue weighted by molar-refractivity contribution is 0.352.